The number of likely N-dealkylation sites (N-methyl/N-ethyl adjacent to an activating group) is 1. The van der Waals surface area contributed by atoms with Gasteiger partial charge in [0.15, 0.2) is 0 Å². The van der Waals surface area contributed by atoms with Gasteiger partial charge in [0.2, 0.25) is 11.8 Å². The Morgan fingerprint density at radius 1 is 0.828 bits per heavy atom. The number of carbonyl (C=O) groups excluding carboxylic acids is 4. The van der Waals surface area contributed by atoms with Gasteiger partial charge in [0.1, 0.15) is 11.6 Å². The van der Waals surface area contributed by atoms with Crippen LogP contribution in [0.5, 0.6) is 0 Å². The summed E-state index contributed by atoms with van der Waals surface area (Å²) < 4.78 is 26.3. The molecule has 1 saturated heterocycles. The number of ether oxygens (including phenoxy) is 4. The maximum Gasteiger partial charge on any atom is 0.407 e. The second-order valence-corrected chi connectivity index (χ2v) is 16.3. The lowest BCUT2D eigenvalue weighted by molar-refractivity contribution is -0.149. The van der Waals surface area contributed by atoms with Crippen molar-refractivity contribution in [1.82, 2.24) is 19.4 Å². The van der Waals surface area contributed by atoms with Crippen LogP contribution in [0.4, 0.5) is 4.79 Å². The van der Waals surface area contributed by atoms with Crippen molar-refractivity contribution in [2.24, 2.45) is 12.8 Å². The number of unbranched alkanes of at least 4 members (excludes halogenated alkanes) is 3. The number of hydrogen-bond acceptors (Lipinski definition) is 9. The Balaban J connectivity index is 1.02. The van der Waals surface area contributed by atoms with E-state index in [4.69, 9.17) is 24.7 Å². The van der Waals surface area contributed by atoms with Gasteiger partial charge in [-0.25, -0.2) is 9.59 Å². The molecule has 2 aromatic carbocycles. The number of imide groups is 1. The summed E-state index contributed by atoms with van der Waals surface area (Å²) in [5.41, 5.74) is 9.31. The van der Waals surface area contributed by atoms with E-state index in [0.29, 0.717) is 31.6 Å². The summed E-state index contributed by atoms with van der Waals surface area (Å²) in [6, 6.07) is 13.1. The minimum absolute atomic E-state index is 0.133. The van der Waals surface area contributed by atoms with Crippen molar-refractivity contribution in [3.63, 3.8) is 0 Å². The van der Waals surface area contributed by atoms with E-state index in [1.165, 1.54) is 17.2 Å². The molecule has 14 nitrogen and oxygen atoms in total. The number of carbonyl (C=O) groups is 4. The van der Waals surface area contributed by atoms with Crippen molar-refractivity contribution in [2.45, 2.75) is 135 Å². The predicted octanol–water partition coefficient (Wildman–Crippen LogP) is 5.88. The van der Waals surface area contributed by atoms with E-state index in [9.17, 15) is 24.0 Å². The first-order valence-corrected chi connectivity index (χ1v) is 20.8. The molecule has 1 aliphatic rings. The second-order valence-electron chi connectivity index (χ2n) is 16.3. The lowest BCUT2D eigenvalue weighted by atomic mass is 10.0. The maximum atomic E-state index is 13.1. The molecule has 1 aliphatic heterocycles. The summed E-state index contributed by atoms with van der Waals surface area (Å²) in [5, 5.41) is 2.82. The quantitative estimate of drug-likeness (QED) is 0.0828. The number of aryl methyl sites for hydroxylation is 3. The van der Waals surface area contributed by atoms with Gasteiger partial charge in [-0.05, 0) is 108 Å². The monoisotopic (exact) mass is 807 g/mol. The number of hydrogen-bond donors (Lipinski definition) is 2. The van der Waals surface area contributed by atoms with Gasteiger partial charge in [-0.3, -0.25) is 28.4 Å². The highest BCUT2D eigenvalue weighted by atomic mass is 16.6. The number of nitrogens with one attached hydrogen (secondary N) is 1. The van der Waals surface area contributed by atoms with Gasteiger partial charge < -0.3 is 30.0 Å². The van der Waals surface area contributed by atoms with Crippen LogP contribution in [-0.2, 0) is 59.8 Å². The topological polar surface area (TPSA) is 173 Å². The SMILES string of the molecule is C[C@@H](OCc1ccc(CCCOCCCCCCOCCCc2ccc3c(c2)n(C)c(=O)n3C2CCC(=O)N(C)C2=O)cc1)[C@H](CCC(N)=O)NC(=O)OC(C)(C)C. The van der Waals surface area contributed by atoms with E-state index in [-0.39, 0.29) is 36.4 Å². The van der Waals surface area contributed by atoms with Crippen LogP contribution in [0.3, 0.4) is 0 Å². The number of primary amides is 1. The molecule has 0 bridgehead atoms. The molecular formula is C44H65N5O9. The summed E-state index contributed by atoms with van der Waals surface area (Å²) in [6.45, 7) is 10.5. The number of rotatable bonds is 24. The fraction of sp³-hybridized carbons (Fsp3) is 0.614. The molecule has 0 aliphatic carbocycles. The summed E-state index contributed by atoms with van der Waals surface area (Å²) in [5.74, 6) is -0.990. The number of alkyl carbamates (subject to hydrolysis) is 1. The Morgan fingerprint density at radius 2 is 1.41 bits per heavy atom. The highest BCUT2D eigenvalue weighted by Gasteiger charge is 2.35. The van der Waals surface area contributed by atoms with E-state index < -0.39 is 29.7 Å². The first-order chi connectivity index (χ1) is 27.6. The van der Waals surface area contributed by atoms with E-state index in [1.807, 2.05) is 37.3 Å². The van der Waals surface area contributed by atoms with Gasteiger partial charge >= 0.3 is 11.8 Å². The van der Waals surface area contributed by atoms with Crippen molar-refractivity contribution in [3.8, 4) is 0 Å². The average molecular weight is 808 g/mol. The van der Waals surface area contributed by atoms with E-state index in [1.54, 1.807) is 32.4 Å². The molecule has 58 heavy (non-hydrogen) atoms. The molecule has 0 radical (unpaired) electrons. The fourth-order valence-electron chi connectivity index (χ4n) is 7.05. The molecule has 14 heteroatoms. The summed E-state index contributed by atoms with van der Waals surface area (Å²) >= 11 is 0. The number of piperidine rings is 1. The molecule has 4 rings (SSSR count). The number of amides is 4. The first kappa shape index (κ1) is 46.2. The van der Waals surface area contributed by atoms with Crippen LogP contribution in [-0.4, -0.2) is 89.1 Å². The molecular weight excluding hydrogens is 743 g/mol. The largest absolute Gasteiger partial charge is 0.444 e. The third-order valence-electron chi connectivity index (χ3n) is 10.4. The Hall–Kier alpha value is -4.53. The van der Waals surface area contributed by atoms with Gasteiger partial charge in [-0.15, -0.1) is 0 Å². The van der Waals surface area contributed by atoms with E-state index >= 15 is 0 Å². The summed E-state index contributed by atoms with van der Waals surface area (Å²) in [4.78, 5) is 62.7. The summed E-state index contributed by atoms with van der Waals surface area (Å²) in [7, 11) is 3.19. The number of nitrogens with zero attached hydrogens (tertiary/aromatic N) is 3. The van der Waals surface area contributed by atoms with Gasteiger partial charge in [0.05, 0.1) is 29.8 Å². The predicted molar refractivity (Wildman–Crippen MR) is 222 cm³/mol. The second kappa shape index (κ2) is 22.6. The van der Waals surface area contributed by atoms with Crippen molar-refractivity contribution in [2.75, 3.05) is 33.5 Å². The average Bonchev–Trinajstić information content (AvgIpc) is 3.42. The normalized spacial score (nSPS) is 15.8. The van der Waals surface area contributed by atoms with Crippen LogP contribution in [0.25, 0.3) is 11.0 Å². The maximum absolute atomic E-state index is 13.1. The number of aromatic nitrogens is 2. The smallest absolute Gasteiger partial charge is 0.407 e. The molecule has 1 aromatic heterocycles. The summed E-state index contributed by atoms with van der Waals surface area (Å²) in [6.07, 6.45) is 7.96. The molecule has 1 fully saturated rings. The molecule has 3 atom stereocenters. The van der Waals surface area contributed by atoms with Gasteiger partial charge in [0, 0.05) is 53.4 Å². The Labute approximate surface area is 342 Å². The fourth-order valence-corrected chi connectivity index (χ4v) is 7.05. The zero-order valence-corrected chi connectivity index (χ0v) is 35.4. The zero-order chi connectivity index (χ0) is 42.2. The lowest BCUT2D eigenvalue weighted by Crippen LogP contribution is -2.45. The third-order valence-corrected chi connectivity index (χ3v) is 10.4. The number of fused-ring (bicyclic) bond motifs is 1. The van der Waals surface area contributed by atoms with Crippen LogP contribution < -0.4 is 16.7 Å². The van der Waals surface area contributed by atoms with Crippen LogP contribution in [0.15, 0.2) is 47.3 Å². The highest BCUT2D eigenvalue weighted by Crippen LogP contribution is 2.27. The number of imidazole rings is 1. The van der Waals surface area contributed by atoms with Crippen LogP contribution >= 0.6 is 0 Å². The third kappa shape index (κ3) is 14.4. The van der Waals surface area contributed by atoms with Crippen molar-refractivity contribution in [3.05, 3.63) is 69.6 Å². The van der Waals surface area contributed by atoms with E-state index in [0.717, 1.165) is 92.7 Å². The van der Waals surface area contributed by atoms with Crippen molar-refractivity contribution >= 4 is 34.8 Å². The molecule has 4 amide bonds. The van der Waals surface area contributed by atoms with Gasteiger partial charge in [-0.1, -0.05) is 43.2 Å². The highest BCUT2D eigenvalue weighted by molar-refractivity contribution is 5.99. The van der Waals surface area contributed by atoms with E-state index in [2.05, 4.69) is 17.4 Å². The van der Waals surface area contributed by atoms with Crippen molar-refractivity contribution in [1.29, 1.82) is 0 Å². The standard InChI is InChI=1S/C44H65N5O9/c1-31(35(20-23-39(45)50)46-42(53)58-44(2,3)4)57-30-34-17-15-32(16-18-34)13-11-27-55-25-9-7-8-10-26-56-28-12-14-33-19-21-36-38(29-33)47(5)43(54)49(36)37-22-24-40(51)48(6)41(37)52/h15-19,21,29,31,35,37H,7-14,20,22-28,30H2,1-6H3,(H2,45,50)(H,46,53)/t31-,35+,37?/m1/s1. The zero-order valence-electron chi connectivity index (χ0n) is 35.4. The lowest BCUT2D eigenvalue weighted by Gasteiger charge is -2.28. The van der Waals surface area contributed by atoms with Crippen molar-refractivity contribution < 1.29 is 38.1 Å². The molecule has 2 heterocycles. The Bertz CT molecular complexity index is 1860. The first-order valence-electron chi connectivity index (χ1n) is 20.8. The number of nitrogens with two attached hydrogens (primary N) is 1. The molecule has 3 N–H and O–H groups in total. The molecule has 0 saturated carbocycles. The minimum Gasteiger partial charge on any atom is -0.444 e. The number of likely N-dealkylation sites (tertiary alicyclic amines) is 1. The molecule has 3 aromatic rings. The molecule has 1 unspecified atom stereocenters. The molecule has 320 valence electrons. The van der Waals surface area contributed by atoms with Gasteiger partial charge in [-0.2, -0.15) is 0 Å². The number of benzene rings is 2. The van der Waals surface area contributed by atoms with Crippen LogP contribution in [0.2, 0.25) is 0 Å². The minimum atomic E-state index is -0.667. The van der Waals surface area contributed by atoms with Gasteiger partial charge in [0.25, 0.3) is 5.91 Å². The van der Waals surface area contributed by atoms with Crippen LogP contribution in [0, 0.1) is 0 Å². The Kier molecular flexibility index (Phi) is 18.0. The molecule has 0 spiro atoms. The van der Waals surface area contributed by atoms with Crippen LogP contribution in [0.1, 0.15) is 115 Å². The Morgan fingerprint density at radius 3 is 2.03 bits per heavy atom.